The lowest BCUT2D eigenvalue weighted by Gasteiger charge is -2.44. The van der Waals surface area contributed by atoms with Crippen molar-refractivity contribution in [3.8, 4) is 0 Å². The second-order valence-electron chi connectivity index (χ2n) is 6.05. The first-order valence-corrected chi connectivity index (χ1v) is 7.53. The topological polar surface area (TPSA) is 43.9 Å². The third-order valence-corrected chi connectivity index (χ3v) is 5.64. The number of hydrogen-bond acceptors (Lipinski definition) is 3. The molecule has 2 aromatic heterocycles. The minimum atomic E-state index is 0.153. The molecule has 2 aliphatic rings. The van der Waals surface area contributed by atoms with E-state index in [4.69, 9.17) is 4.52 Å². The zero-order valence-corrected chi connectivity index (χ0v) is 12.7. The second-order valence-corrected chi connectivity index (χ2v) is 6.80. The minimum Gasteiger partial charge on any atom is -0.361 e. The molecule has 2 heterocycles. The van der Waals surface area contributed by atoms with Crippen LogP contribution < -0.4 is 0 Å². The summed E-state index contributed by atoms with van der Waals surface area (Å²) < 4.78 is 8.47. The van der Waals surface area contributed by atoms with Gasteiger partial charge in [0.25, 0.3) is 0 Å². The van der Waals surface area contributed by atoms with Crippen LogP contribution in [0.15, 0.2) is 15.3 Å². The number of hydrogen-bond donors (Lipinski definition) is 0. The summed E-state index contributed by atoms with van der Waals surface area (Å²) in [6.45, 7) is 2.37. The van der Waals surface area contributed by atoms with Crippen molar-refractivity contribution in [3.05, 3.63) is 33.4 Å². The Morgan fingerprint density at radius 1 is 1.53 bits per heavy atom. The van der Waals surface area contributed by atoms with Crippen molar-refractivity contribution in [2.24, 2.45) is 13.0 Å². The highest BCUT2D eigenvalue weighted by Crippen LogP contribution is 2.49. The SMILES string of the molecule is Cn1nc(Br)c2c1C1(C)Cc3cnoc3CC1CC2. The van der Waals surface area contributed by atoms with Gasteiger partial charge in [0, 0.05) is 35.7 Å². The van der Waals surface area contributed by atoms with Gasteiger partial charge in [-0.25, -0.2) is 0 Å². The van der Waals surface area contributed by atoms with Crippen LogP contribution in [-0.2, 0) is 31.7 Å². The second kappa shape index (κ2) is 3.72. The van der Waals surface area contributed by atoms with Crippen LogP contribution in [0.3, 0.4) is 0 Å². The number of halogens is 1. The highest BCUT2D eigenvalue weighted by molar-refractivity contribution is 9.10. The van der Waals surface area contributed by atoms with Crippen molar-refractivity contribution in [1.29, 1.82) is 0 Å². The molecule has 2 aromatic rings. The largest absolute Gasteiger partial charge is 0.361 e. The smallest absolute Gasteiger partial charge is 0.140 e. The molecule has 0 aliphatic heterocycles. The Balaban J connectivity index is 1.91. The normalized spacial score (nSPS) is 28.7. The quantitative estimate of drug-likeness (QED) is 0.749. The molecule has 4 nitrogen and oxygen atoms in total. The fraction of sp³-hybridized carbons (Fsp3) is 0.571. The van der Waals surface area contributed by atoms with E-state index in [0.29, 0.717) is 5.92 Å². The molecule has 2 unspecified atom stereocenters. The molecular weight excluding hydrogens is 306 g/mol. The Morgan fingerprint density at radius 3 is 3.21 bits per heavy atom. The number of aryl methyl sites for hydroxylation is 1. The monoisotopic (exact) mass is 321 g/mol. The van der Waals surface area contributed by atoms with Crippen LogP contribution in [0.5, 0.6) is 0 Å². The maximum atomic E-state index is 5.39. The Morgan fingerprint density at radius 2 is 2.37 bits per heavy atom. The number of nitrogens with zero attached hydrogens (tertiary/aromatic N) is 3. The summed E-state index contributed by atoms with van der Waals surface area (Å²) in [5, 5.41) is 8.54. The molecule has 2 aliphatic carbocycles. The van der Waals surface area contributed by atoms with E-state index in [2.05, 4.69) is 44.8 Å². The van der Waals surface area contributed by atoms with Gasteiger partial charge in [-0.1, -0.05) is 12.1 Å². The van der Waals surface area contributed by atoms with Gasteiger partial charge in [-0.05, 0) is 41.1 Å². The molecule has 0 fully saturated rings. The molecular formula is C14H16BrN3O. The van der Waals surface area contributed by atoms with Gasteiger partial charge in [0.05, 0.1) is 6.20 Å². The Kier molecular flexibility index (Phi) is 2.29. The first-order chi connectivity index (χ1) is 9.09. The molecule has 100 valence electrons. The molecule has 0 radical (unpaired) electrons. The molecule has 0 N–H and O–H groups in total. The van der Waals surface area contributed by atoms with E-state index in [9.17, 15) is 0 Å². The molecule has 0 aromatic carbocycles. The van der Waals surface area contributed by atoms with Gasteiger partial charge in [0.2, 0.25) is 0 Å². The zero-order chi connectivity index (χ0) is 13.2. The maximum Gasteiger partial charge on any atom is 0.140 e. The van der Waals surface area contributed by atoms with Gasteiger partial charge in [-0.3, -0.25) is 4.68 Å². The van der Waals surface area contributed by atoms with Gasteiger partial charge >= 0.3 is 0 Å². The maximum absolute atomic E-state index is 5.39. The van der Waals surface area contributed by atoms with Gasteiger partial charge in [-0.2, -0.15) is 5.10 Å². The molecule has 0 bridgehead atoms. The fourth-order valence-corrected chi connectivity index (χ4v) is 4.70. The zero-order valence-electron chi connectivity index (χ0n) is 11.1. The van der Waals surface area contributed by atoms with Crippen molar-refractivity contribution < 1.29 is 4.52 Å². The van der Waals surface area contributed by atoms with Gasteiger partial charge < -0.3 is 4.52 Å². The van der Waals surface area contributed by atoms with Gasteiger partial charge in [0.1, 0.15) is 10.4 Å². The third kappa shape index (κ3) is 1.45. The lowest BCUT2D eigenvalue weighted by atomic mass is 9.60. The first kappa shape index (κ1) is 11.7. The van der Waals surface area contributed by atoms with Crippen molar-refractivity contribution >= 4 is 15.9 Å². The summed E-state index contributed by atoms with van der Waals surface area (Å²) in [5.74, 6) is 1.72. The highest BCUT2D eigenvalue weighted by Gasteiger charge is 2.47. The molecule has 5 heteroatoms. The average Bonchev–Trinajstić information content (AvgIpc) is 2.90. The Bertz CT molecular complexity index is 660. The van der Waals surface area contributed by atoms with Gasteiger partial charge in [-0.15, -0.1) is 0 Å². The molecule has 4 rings (SSSR count). The van der Waals surface area contributed by atoms with E-state index in [1.165, 1.54) is 23.2 Å². The Hall–Kier alpha value is -1.10. The molecule has 19 heavy (non-hydrogen) atoms. The molecule has 0 saturated heterocycles. The average molecular weight is 322 g/mol. The van der Waals surface area contributed by atoms with Crippen LogP contribution in [0, 0.1) is 5.92 Å². The summed E-state index contributed by atoms with van der Waals surface area (Å²) in [4.78, 5) is 0. The molecule has 0 spiro atoms. The third-order valence-electron chi connectivity index (χ3n) is 5.00. The predicted octanol–water partition coefficient (Wildman–Crippen LogP) is 2.79. The standard InChI is InChI=1S/C14H16BrN3O/c1-14-6-8-7-16-19-11(8)5-9(14)3-4-10-12(14)18(2)17-13(10)15/h7,9H,3-6H2,1-2H3. The van der Waals surface area contributed by atoms with Crippen LogP contribution in [0.1, 0.15) is 35.9 Å². The summed E-state index contributed by atoms with van der Waals surface area (Å²) in [7, 11) is 2.06. The van der Waals surface area contributed by atoms with E-state index < -0.39 is 0 Å². The van der Waals surface area contributed by atoms with Crippen molar-refractivity contribution in [3.63, 3.8) is 0 Å². The lowest BCUT2D eigenvalue weighted by Crippen LogP contribution is -2.44. The first-order valence-electron chi connectivity index (χ1n) is 6.74. The summed E-state index contributed by atoms with van der Waals surface area (Å²) in [5.41, 5.74) is 4.20. The van der Waals surface area contributed by atoms with Crippen LogP contribution in [0.25, 0.3) is 0 Å². The van der Waals surface area contributed by atoms with E-state index in [1.807, 2.05) is 6.20 Å². The van der Waals surface area contributed by atoms with Crippen LogP contribution in [0.2, 0.25) is 0 Å². The minimum absolute atomic E-state index is 0.153. The van der Waals surface area contributed by atoms with E-state index in [0.717, 1.165) is 29.6 Å². The molecule has 0 saturated carbocycles. The van der Waals surface area contributed by atoms with E-state index in [-0.39, 0.29) is 5.41 Å². The Labute approximate surface area is 120 Å². The van der Waals surface area contributed by atoms with Crippen LogP contribution in [0.4, 0.5) is 0 Å². The number of rotatable bonds is 0. The molecule has 2 atom stereocenters. The summed E-state index contributed by atoms with van der Waals surface area (Å²) >= 11 is 3.60. The van der Waals surface area contributed by atoms with Crippen molar-refractivity contribution in [1.82, 2.24) is 14.9 Å². The van der Waals surface area contributed by atoms with Crippen molar-refractivity contribution in [2.45, 2.75) is 38.0 Å². The van der Waals surface area contributed by atoms with E-state index >= 15 is 0 Å². The fourth-order valence-electron chi connectivity index (χ4n) is 4.07. The van der Waals surface area contributed by atoms with Gasteiger partial charge in [0.15, 0.2) is 0 Å². The highest BCUT2D eigenvalue weighted by atomic mass is 79.9. The van der Waals surface area contributed by atoms with Crippen molar-refractivity contribution in [2.75, 3.05) is 0 Å². The summed E-state index contributed by atoms with van der Waals surface area (Å²) in [6.07, 6.45) is 6.21. The number of fused-ring (bicyclic) bond motifs is 4. The predicted molar refractivity (Wildman–Crippen MR) is 74.0 cm³/mol. The summed E-state index contributed by atoms with van der Waals surface area (Å²) in [6, 6.07) is 0. The van der Waals surface area contributed by atoms with Crippen LogP contribution >= 0.6 is 15.9 Å². The van der Waals surface area contributed by atoms with Crippen LogP contribution in [-0.4, -0.2) is 14.9 Å². The molecule has 0 amide bonds. The number of aromatic nitrogens is 3. The lowest BCUT2D eigenvalue weighted by molar-refractivity contribution is 0.201. The van der Waals surface area contributed by atoms with E-state index in [1.54, 1.807) is 0 Å².